The first-order valence-electron chi connectivity index (χ1n) is 7.21. The lowest BCUT2D eigenvalue weighted by molar-refractivity contribution is -0.138. The summed E-state index contributed by atoms with van der Waals surface area (Å²) in [6.45, 7) is 5.39. The molecule has 19 heavy (non-hydrogen) atoms. The highest BCUT2D eigenvalue weighted by Crippen LogP contribution is 2.26. The number of nitrogens with zero attached hydrogens (tertiary/aromatic N) is 1. The summed E-state index contributed by atoms with van der Waals surface area (Å²) in [6, 6.07) is -0.404. The summed E-state index contributed by atoms with van der Waals surface area (Å²) in [5.41, 5.74) is 5.88. The van der Waals surface area contributed by atoms with Crippen molar-refractivity contribution in [1.82, 2.24) is 4.90 Å². The lowest BCUT2D eigenvalue weighted by atomic mass is 9.84. The Hall–Kier alpha value is -1.10. The molecule has 0 bridgehead atoms. The Morgan fingerprint density at radius 3 is 2.74 bits per heavy atom. The fourth-order valence-electron chi connectivity index (χ4n) is 2.79. The molecule has 1 aliphatic rings. The van der Waals surface area contributed by atoms with E-state index in [2.05, 4.69) is 0 Å². The molecular formula is C14H26N2O3. The van der Waals surface area contributed by atoms with Crippen LogP contribution < -0.4 is 5.73 Å². The molecule has 3 atom stereocenters. The molecule has 110 valence electrons. The van der Waals surface area contributed by atoms with E-state index in [4.69, 9.17) is 10.8 Å². The predicted octanol–water partition coefficient (Wildman–Crippen LogP) is 1.46. The molecule has 0 aromatic rings. The van der Waals surface area contributed by atoms with Crippen LogP contribution in [0.3, 0.4) is 0 Å². The van der Waals surface area contributed by atoms with E-state index in [1.165, 1.54) is 0 Å². The molecule has 3 unspecified atom stereocenters. The van der Waals surface area contributed by atoms with E-state index in [9.17, 15) is 9.59 Å². The van der Waals surface area contributed by atoms with Gasteiger partial charge < -0.3 is 15.7 Å². The summed E-state index contributed by atoms with van der Waals surface area (Å²) >= 11 is 0. The highest BCUT2D eigenvalue weighted by atomic mass is 16.4. The van der Waals surface area contributed by atoms with E-state index in [0.717, 1.165) is 25.8 Å². The zero-order valence-electron chi connectivity index (χ0n) is 12.0. The van der Waals surface area contributed by atoms with Gasteiger partial charge in [0.2, 0.25) is 5.91 Å². The van der Waals surface area contributed by atoms with Crippen molar-refractivity contribution in [2.24, 2.45) is 17.6 Å². The number of nitrogens with two attached hydrogens (primary N) is 1. The normalized spacial score (nSPS) is 22.9. The van der Waals surface area contributed by atoms with E-state index < -0.39 is 12.0 Å². The first-order chi connectivity index (χ1) is 8.95. The molecule has 1 saturated heterocycles. The predicted molar refractivity (Wildman–Crippen MR) is 73.6 cm³/mol. The number of hydrogen-bond acceptors (Lipinski definition) is 3. The summed E-state index contributed by atoms with van der Waals surface area (Å²) in [7, 11) is 0. The van der Waals surface area contributed by atoms with Crippen molar-refractivity contribution >= 4 is 11.9 Å². The molecule has 5 heteroatoms. The summed E-state index contributed by atoms with van der Waals surface area (Å²) in [6.07, 6.45) is 3.73. The number of piperidine rings is 1. The second kappa shape index (κ2) is 7.48. The smallest absolute Gasteiger partial charge is 0.303 e. The van der Waals surface area contributed by atoms with Gasteiger partial charge in [0.05, 0.1) is 6.04 Å². The van der Waals surface area contributed by atoms with Crippen LogP contribution in [0.25, 0.3) is 0 Å². The second-order valence-electron chi connectivity index (χ2n) is 5.66. The van der Waals surface area contributed by atoms with Gasteiger partial charge in [0.15, 0.2) is 0 Å². The second-order valence-corrected chi connectivity index (χ2v) is 5.66. The summed E-state index contributed by atoms with van der Waals surface area (Å²) in [5.74, 6) is -0.356. The highest BCUT2D eigenvalue weighted by Gasteiger charge is 2.30. The van der Waals surface area contributed by atoms with Gasteiger partial charge in [-0.25, -0.2) is 0 Å². The molecule has 1 fully saturated rings. The van der Waals surface area contributed by atoms with Gasteiger partial charge in [-0.15, -0.1) is 0 Å². The summed E-state index contributed by atoms with van der Waals surface area (Å²) in [4.78, 5) is 24.7. The van der Waals surface area contributed by atoms with Crippen LogP contribution in [0.4, 0.5) is 0 Å². The zero-order valence-corrected chi connectivity index (χ0v) is 12.0. The average Bonchev–Trinajstić information content (AvgIpc) is 2.37. The van der Waals surface area contributed by atoms with E-state index in [-0.39, 0.29) is 24.2 Å². The van der Waals surface area contributed by atoms with Crippen molar-refractivity contribution in [3.8, 4) is 0 Å². The largest absolute Gasteiger partial charge is 0.481 e. The van der Waals surface area contributed by atoms with Crippen LogP contribution in [0.5, 0.6) is 0 Å². The Bertz CT molecular complexity index is 320. The topological polar surface area (TPSA) is 83.6 Å². The number of rotatable bonds is 6. The highest BCUT2D eigenvalue weighted by molar-refractivity contribution is 5.81. The van der Waals surface area contributed by atoms with Crippen LogP contribution in [-0.2, 0) is 9.59 Å². The molecule has 0 spiro atoms. The fraction of sp³-hybridized carbons (Fsp3) is 0.857. The molecule has 0 aliphatic carbocycles. The number of carbonyl (C=O) groups is 2. The van der Waals surface area contributed by atoms with Crippen LogP contribution in [0.2, 0.25) is 0 Å². The number of hydrogen-bond donors (Lipinski definition) is 2. The number of likely N-dealkylation sites (tertiary alicyclic amines) is 1. The van der Waals surface area contributed by atoms with Crippen LogP contribution in [0.15, 0.2) is 0 Å². The van der Waals surface area contributed by atoms with Crippen molar-refractivity contribution in [1.29, 1.82) is 0 Å². The first kappa shape index (κ1) is 16.0. The minimum Gasteiger partial charge on any atom is -0.481 e. The minimum atomic E-state index is -0.765. The zero-order chi connectivity index (χ0) is 14.4. The van der Waals surface area contributed by atoms with Gasteiger partial charge in [-0.2, -0.15) is 0 Å². The maximum absolute atomic E-state index is 12.2. The lowest BCUT2D eigenvalue weighted by Gasteiger charge is -2.36. The number of carboxylic acids is 1. The molecular weight excluding hydrogens is 244 g/mol. The molecule has 1 amide bonds. The molecule has 0 radical (unpaired) electrons. The minimum absolute atomic E-state index is 0.0223. The quantitative estimate of drug-likeness (QED) is 0.765. The summed E-state index contributed by atoms with van der Waals surface area (Å²) in [5, 5.41) is 8.85. The number of aliphatic carboxylic acids is 1. The molecule has 0 saturated carbocycles. The Morgan fingerprint density at radius 2 is 2.16 bits per heavy atom. The van der Waals surface area contributed by atoms with Crippen molar-refractivity contribution in [2.45, 2.75) is 52.0 Å². The Morgan fingerprint density at radius 1 is 1.47 bits per heavy atom. The Labute approximate surface area is 115 Å². The number of carbonyl (C=O) groups excluding carboxylic acids is 1. The van der Waals surface area contributed by atoms with Crippen LogP contribution in [0, 0.1) is 11.8 Å². The molecule has 5 nitrogen and oxygen atoms in total. The van der Waals surface area contributed by atoms with Gasteiger partial charge in [-0.3, -0.25) is 9.59 Å². The monoisotopic (exact) mass is 270 g/mol. The van der Waals surface area contributed by atoms with Crippen molar-refractivity contribution < 1.29 is 14.7 Å². The standard InChI is InChI=1S/C14H26N2O3/c1-3-5-12(15)14(19)16-7-4-6-11(9-16)10(2)8-13(17)18/h10-12H,3-9,15H2,1-2H3,(H,17,18). The van der Waals surface area contributed by atoms with E-state index in [1.807, 2.05) is 18.7 Å². The molecule has 1 rings (SSSR count). The lowest BCUT2D eigenvalue weighted by Crippen LogP contribution is -2.48. The van der Waals surface area contributed by atoms with Crippen LogP contribution in [-0.4, -0.2) is 41.0 Å². The Kier molecular flexibility index (Phi) is 6.28. The van der Waals surface area contributed by atoms with Crippen LogP contribution >= 0.6 is 0 Å². The van der Waals surface area contributed by atoms with Gasteiger partial charge >= 0.3 is 5.97 Å². The fourth-order valence-corrected chi connectivity index (χ4v) is 2.79. The van der Waals surface area contributed by atoms with Gasteiger partial charge in [0, 0.05) is 19.5 Å². The molecule has 1 heterocycles. The third kappa shape index (κ3) is 4.82. The number of amides is 1. The first-order valence-corrected chi connectivity index (χ1v) is 7.21. The van der Waals surface area contributed by atoms with E-state index in [0.29, 0.717) is 13.0 Å². The molecule has 1 aliphatic heterocycles. The van der Waals surface area contributed by atoms with E-state index >= 15 is 0 Å². The average molecular weight is 270 g/mol. The van der Waals surface area contributed by atoms with Gasteiger partial charge in [0.1, 0.15) is 0 Å². The molecule has 0 aromatic carbocycles. The third-order valence-electron chi connectivity index (χ3n) is 3.99. The Balaban J connectivity index is 2.54. The van der Waals surface area contributed by atoms with Gasteiger partial charge in [-0.1, -0.05) is 20.3 Å². The van der Waals surface area contributed by atoms with Gasteiger partial charge in [-0.05, 0) is 31.1 Å². The molecule has 0 aromatic heterocycles. The maximum Gasteiger partial charge on any atom is 0.303 e. The third-order valence-corrected chi connectivity index (χ3v) is 3.99. The molecule has 3 N–H and O–H groups in total. The van der Waals surface area contributed by atoms with Crippen LogP contribution in [0.1, 0.15) is 46.0 Å². The van der Waals surface area contributed by atoms with Crippen molar-refractivity contribution in [3.63, 3.8) is 0 Å². The van der Waals surface area contributed by atoms with Crippen molar-refractivity contribution in [2.75, 3.05) is 13.1 Å². The van der Waals surface area contributed by atoms with Gasteiger partial charge in [0.25, 0.3) is 0 Å². The SMILES string of the molecule is CCCC(N)C(=O)N1CCCC(C(C)CC(=O)O)C1. The summed E-state index contributed by atoms with van der Waals surface area (Å²) < 4.78 is 0. The van der Waals surface area contributed by atoms with Crippen molar-refractivity contribution in [3.05, 3.63) is 0 Å². The van der Waals surface area contributed by atoms with E-state index in [1.54, 1.807) is 0 Å². The number of carboxylic acid groups (broad SMARTS) is 1. The maximum atomic E-state index is 12.2.